The first-order chi connectivity index (χ1) is 7.47. The number of nitrogens with zero attached hydrogens (tertiary/aromatic N) is 1. The van der Waals surface area contributed by atoms with Gasteiger partial charge in [-0.3, -0.25) is 4.79 Å². The molecular formula is C10H11Cl2NO3. The minimum atomic E-state index is -0.465. The summed E-state index contributed by atoms with van der Waals surface area (Å²) in [6, 6.07) is 2.62. The molecule has 0 bridgehead atoms. The maximum absolute atomic E-state index is 11.8. The topological polar surface area (TPSA) is 60.8 Å². The van der Waals surface area contributed by atoms with Gasteiger partial charge in [0.1, 0.15) is 5.75 Å². The number of carbonyl (C=O) groups is 1. The number of hydrogen-bond donors (Lipinski definition) is 2. The van der Waals surface area contributed by atoms with Gasteiger partial charge in [-0.2, -0.15) is 0 Å². The summed E-state index contributed by atoms with van der Waals surface area (Å²) in [5.74, 6) is -0.736. The number of hydrogen-bond acceptors (Lipinski definition) is 3. The summed E-state index contributed by atoms with van der Waals surface area (Å²) >= 11 is 11.5. The van der Waals surface area contributed by atoms with Gasteiger partial charge in [0, 0.05) is 18.6 Å². The predicted molar refractivity (Wildman–Crippen MR) is 62.2 cm³/mol. The first-order valence-corrected chi connectivity index (χ1v) is 5.27. The van der Waals surface area contributed by atoms with Crippen molar-refractivity contribution in [2.24, 2.45) is 0 Å². The zero-order valence-corrected chi connectivity index (χ0v) is 10.1. The molecule has 1 amide bonds. The average Bonchev–Trinajstić information content (AvgIpc) is 2.16. The third-order valence-corrected chi connectivity index (χ3v) is 2.55. The van der Waals surface area contributed by atoms with Gasteiger partial charge in [-0.15, -0.1) is 0 Å². The number of aliphatic hydroxyl groups is 1. The molecular weight excluding hydrogens is 253 g/mol. The summed E-state index contributed by atoms with van der Waals surface area (Å²) < 4.78 is 0. The van der Waals surface area contributed by atoms with Crippen LogP contribution in [0.25, 0.3) is 0 Å². The van der Waals surface area contributed by atoms with Gasteiger partial charge in [0.25, 0.3) is 5.91 Å². The van der Waals surface area contributed by atoms with Crippen molar-refractivity contribution in [3.8, 4) is 5.75 Å². The van der Waals surface area contributed by atoms with Crippen LogP contribution in [0.1, 0.15) is 10.4 Å². The Bertz CT molecular complexity index is 386. The first kappa shape index (κ1) is 13.1. The Kier molecular flexibility index (Phi) is 4.41. The van der Waals surface area contributed by atoms with Crippen molar-refractivity contribution in [3.63, 3.8) is 0 Å². The van der Waals surface area contributed by atoms with Crippen LogP contribution in [0.5, 0.6) is 5.75 Å². The highest BCUT2D eigenvalue weighted by Gasteiger charge is 2.19. The maximum atomic E-state index is 11.8. The van der Waals surface area contributed by atoms with Crippen molar-refractivity contribution in [3.05, 3.63) is 27.7 Å². The van der Waals surface area contributed by atoms with Gasteiger partial charge in [0.05, 0.1) is 17.2 Å². The number of rotatable bonds is 3. The molecule has 0 fully saturated rings. The van der Waals surface area contributed by atoms with Crippen molar-refractivity contribution < 1.29 is 15.0 Å². The van der Waals surface area contributed by atoms with Crippen molar-refractivity contribution in [2.75, 3.05) is 20.2 Å². The molecule has 1 aromatic rings. The van der Waals surface area contributed by atoms with Gasteiger partial charge >= 0.3 is 0 Å². The first-order valence-electron chi connectivity index (χ1n) is 4.51. The quantitative estimate of drug-likeness (QED) is 0.874. The molecule has 0 aliphatic carbocycles. The van der Waals surface area contributed by atoms with Crippen LogP contribution in [0, 0.1) is 0 Å². The van der Waals surface area contributed by atoms with E-state index >= 15 is 0 Å². The van der Waals surface area contributed by atoms with Crippen LogP contribution in [0.4, 0.5) is 0 Å². The van der Waals surface area contributed by atoms with Gasteiger partial charge in [0.2, 0.25) is 0 Å². The number of amides is 1. The van der Waals surface area contributed by atoms with Crippen molar-refractivity contribution in [1.29, 1.82) is 0 Å². The Balaban J connectivity index is 3.08. The fraction of sp³-hybridized carbons (Fsp3) is 0.300. The second-order valence-electron chi connectivity index (χ2n) is 3.23. The Morgan fingerprint density at radius 3 is 2.56 bits per heavy atom. The summed E-state index contributed by atoms with van der Waals surface area (Å²) in [6.45, 7) is 0.00540. The molecule has 0 spiro atoms. The lowest BCUT2D eigenvalue weighted by Gasteiger charge is -2.17. The Morgan fingerprint density at radius 1 is 1.44 bits per heavy atom. The molecule has 88 valence electrons. The molecule has 4 nitrogen and oxygen atoms in total. The molecule has 16 heavy (non-hydrogen) atoms. The lowest BCUT2D eigenvalue weighted by Crippen LogP contribution is -2.29. The summed E-state index contributed by atoms with van der Waals surface area (Å²) in [5.41, 5.74) is -0.0120. The van der Waals surface area contributed by atoms with Crippen LogP contribution >= 0.6 is 23.2 Å². The number of aliphatic hydroxyl groups excluding tert-OH is 1. The number of carbonyl (C=O) groups excluding carboxylic acids is 1. The molecule has 2 N–H and O–H groups in total. The van der Waals surface area contributed by atoms with Gasteiger partial charge < -0.3 is 15.1 Å². The van der Waals surface area contributed by atoms with Crippen LogP contribution in [0.3, 0.4) is 0 Å². The molecule has 0 radical (unpaired) electrons. The summed E-state index contributed by atoms with van der Waals surface area (Å²) in [5, 5.41) is 18.6. The van der Waals surface area contributed by atoms with E-state index < -0.39 is 5.91 Å². The molecule has 0 aromatic heterocycles. The predicted octanol–water partition coefficient (Wildman–Crippen LogP) is 1.76. The van der Waals surface area contributed by atoms with E-state index in [1.165, 1.54) is 24.1 Å². The van der Waals surface area contributed by atoms with Crippen molar-refractivity contribution >= 4 is 29.1 Å². The molecule has 1 aromatic carbocycles. The zero-order chi connectivity index (χ0) is 12.3. The SMILES string of the molecule is CN(CCO)C(=O)c1c(O)cc(Cl)cc1Cl. The van der Waals surface area contributed by atoms with E-state index in [-0.39, 0.29) is 34.5 Å². The molecule has 0 aliphatic heterocycles. The van der Waals surface area contributed by atoms with Gasteiger partial charge in [0.15, 0.2) is 0 Å². The van der Waals surface area contributed by atoms with E-state index in [1.807, 2.05) is 0 Å². The van der Waals surface area contributed by atoms with Crippen LogP contribution in [0.2, 0.25) is 10.0 Å². The van der Waals surface area contributed by atoms with E-state index in [1.54, 1.807) is 0 Å². The highest BCUT2D eigenvalue weighted by molar-refractivity contribution is 6.37. The van der Waals surface area contributed by atoms with Gasteiger partial charge in [-0.1, -0.05) is 23.2 Å². The molecule has 1 rings (SSSR count). The monoisotopic (exact) mass is 263 g/mol. The normalized spacial score (nSPS) is 10.2. The number of benzene rings is 1. The highest BCUT2D eigenvalue weighted by atomic mass is 35.5. The summed E-state index contributed by atoms with van der Waals surface area (Å²) in [6.07, 6.45) is 0. The number of halogens is 2. The number of phenolic OH excluding ortho intramolecular Hbond substituents is 1. The average molecular weight is 264 g/mol. The smallest absolute Gasteiger partial charge is 0.258 e. The van der Waals surface area contributed by atoms with E-state index in [4.69, 9.17) is 28.3 Å². The van der Waals surface area contributed by atoms with Crippen LogP contribution < -0.4 is 0 Å². The maximum Gasteiger partial charge on any atom is 0.258 e. The third kappa shape index (κ3) is 2.78. The molecule has 0 heterocycles. The molecule has 0 saturated heterocycles. The van der Waals surface area contributed by atoms with Crippen LogP contribution in [0.15, 0.2) is 12.1 Å². The Morgan fingerprint density at radius 2 is 2.06 bits per heavy atom. The molecule has 0 aliphatic rings. The Hall–Kier alpha value is -0.970. The zero-order valence-electron chi connectivity index (χ0n) is 8.57. The minimum absolute atomic E-state index is 0.0120. The van der Waals surface area contributed by atoms with E-state index in [0.717, 1.165) is 0 Å². The summed E-state index contributed by atoms with van der Waals surface area (Å²) in [4.78, 5) is 13.1. The van der Waals surface area contributed by atoms with Crippen molar-refractivity contribution in [1.82, 2.24) is 4.90 Å². The lowest BCUT2D eigenvalue weighted by atomic mass is 10.1. The fourth-order valence-electron chi connectivity index (χ4n) is 1.21. The standard InChI is InChI=1S/C10H11Cl2NO3/c1-13(2-3-14)10(16)9-7(12)4-6(11)5-8(9)15/h4-5,14-15H,2-3H2,1H3. The molecule has 6 heteroatoms. The van der Waals surface area contributed by atoms with E-state index in [0.29, 0.717) is 0 Å². The molecule has 0 atom stereocenters. The minimum Gasteiger partial charge on any atom is -0.507 e. The fourth-order valence-corrected chi connectivity index (χ4v) is 1.78. The number of phenols is 1. The second kappa shape index (κ2) is 5.39. The number of likely N-dealkylation sites (N-methyl/N-ethyl adjacent to an activating group) is 1. The van der Waals surface area contributed by atoms with E-state index in [9.17, 15) is 9.90 Å². The summed E-state index contributed by atoms with van der Waals surface area (Å²) in [7, 11) is 1.50. The molecule has 0 unspecified atom stereocenters. The van der Waals surface area contributed by atoms with Crippen molar-refractivity contribution in [2.45, 2.75) is 0 Å². The van der Waals surface area contributed by atoms with Crippen LogP contribution in [-0.4, -0.2) is 41.2 Å². The second-order valence-corrected chi connectivity index (χ2v) is 4.08. The molecule has 0 saturated carbocycles. The Labute approximate surface area is 103 Å². The van der Waals surface area contributed by atoms with Crippen LogP contribution in [-0.2, 0) is 0 Å². The lowest BCUT2D eigenvalue weighted by molar-refractivity contribution is 0.0764. The largest absolute Gasteiger partial charge is 0.507 e. The van der Waals surface area contributed by atoms with Gasteiger partial charge in [-0.05, 0) is 12.1 Å². The van der Waals surface area contributed by atoms with Gasteiger partial charge in [-0.25, -0.2) is 0 Å². The third-order valence-electron chi connectivity index (χ3n) is 2.03. The van der Waals surface area contributed by atoms with E-state index in [2.05, 4.69) is 0 Å². The number of aromatic hydroxyl groups is 1. The highest BCUT2D eigenvalue weighted by Crippen LogP contribution is 2.30.